The van der Waals surface area contributed by atoms with Gasteiger partial charge >= 0.3 is 0 Å². The lowest BCUT2D eigenvalue weighted by Crippen LogP contribution is -2.23. The molecule has 0 aliphatic rings. The van der Waals surface area contributed by atoms with Crippen LogP contribution < -0.4 is 5.32 Å². The number of terminal acetylenes is 1. The van der Waals surface area contributed by atoms with Crippen molar-refractivity contribution < 1.29 is 4.79 Å². The van der Waals surface area contributed by atoms with E-state index in [1.54, 1.807) is 12.1 Å². The van der Waals surface area contributed by atoms with Gasteiger partial charge in [0.25, 0.3) is 5.91 Å². The van der Waals surface area contributed by atoms with Crippen molar-refractivity contribution >= 4 is 21.8 Å². The fourth-order valence-electron chi connectivity index (χ4n) is 0.872. The molecule has 0 saturated carbocycles. The van der Waals surface area contributed by atoms with E-state index in [2.05, 4.69) is 27.2 Å². The molecule has 2 nitrogen and oxygen atoms in total. The number of hydrogen-bond donors (Lipinski definition) is 1. The maximum Gasteiger partial charge on any atom is 0.253 e. The molecule has 1 rings (SSSR count). The standard InChI is InChI=1S/C10H8BrNO/c1-2-7-12-10(13)8-5-3-4-6-9(8)11/h1,3-6H,7H2,(H,12,13). The van der Waals surface area contributed by atoms with Gasteiger partial charge in [0.15, 0.2) is 0 Å². The molecule has 0 spiro atoms. The minimum atomic E-state index is -0.162. The Morgan fingerprint density at radius 3 is 2.85 bits per heavy atom. The van der Waals surface area contributed by atoms with Crippen LogP contribution in [0.15, 0.2) is 28.7 Å². The summed E-state index contributed by atoms with van der Waals surface area (Å²) < 4.78 is 0.768. The zero-order valence-electron chi connectivity index (χ0n) is 6.88. The van der Waals surface area contributed by atoms with Gasteiger partial charge in [-0.05, 0) is 28.1 Å². The summed E-state index contributed by atoms with van der Waals surface area (Å²) in [7, 11) is 0. The van der Waals surface area contributed by atoms with Crippen LogP contribution in [0.2, 0.25) is 0 Å². The van der Waals surface area contributed by atoms with Gasteiger partial charge in [0.1, 0.15) is 0 Å². The summed E-state index contributed by atoms with van der Waals surface area (Å²) in [4.78, 5) is 11.4. The number of rotatable bonds is 2. The molecule has 0 fully saturated rings. The van der Waals surface area contributed by atoms with Gasteiger partial charge in [0.2, 0.25) is 0 Å². The number of benzene rings is 1. The molecule has 0 aliphatic carbocycles. The van der Waals surface area contributed by atoms with Gasteiger partial charge in [-0.3, -0.25) is 4.79 Å². The first-order valence-electron chi connectivity index (χ1n) is 3.72. The lowest BCUT2D eigenvalue weighted by molar-refractivity contribution is 0.0958. The minimum absolute atomic E-state index is 0.162. The van der Waals surface area contributed by atoms with E-state index in [-0.39, 0.29) is 12.5 Å². The molecule has 0 aliphatic heterocycles. The van der Waals surface area contributed by atoms with E-state index in [1.807, 2.05) is 12.1 Å². The summed E-state index contributed by atoms with van der Waals surface area (Å²) in [6.45, 7) is 0.250. The van der Waals surface area contributed by atoms with E-state index in [1.165, 1.54) is 0 Å². The van der Waals surface area contributed by atoms with Crippen LogP contribution in [-0.2, 0) is 0 Å². The monoisotopic (exact) mass is 237 g/mol. The molecule has 1 aromatic carbocycles. The first-order chi connectivity index (χ1) is 6.25. The SMILES string of the molecule is C#CCNC(=O)c1ccccc1Br. The van der Waals surface area contributed by atoms with Crippen LogP contribution in [0.5, 0.6) is 0 Å². The Morgan fingerprint density at radius 1 is 1.54 bits per heavy atom. The third-order valence-corrected chi connectivity index (χ3v) is 2.16. The smallest absolute Gasteiger partial charge is 0.253 e. The number of nitrogens with one attached hydrogen (secondary N) is 1. The second kappa shape index (κ2) is 4.68. The molecule has 1 amide bonds. The van der Waals surface area contributed by atoms with Crippen LogP contribution in [0.4, 0.5) is 0 Å². The van der Waals surface area contributed by atoms with E-state index >= 15 is 0 Å². The predicted molar refractivity (Wildman–Crippen MR) is 55.3 cm³/mol. The van der Waals surface area contributed by atoms with Crippen LogP contribution in [0, 0.1) is 12.3 Å². The number of carbonyl (C=O) groups excluding carboxylic acids is 1. The van der Waals surface area contributed by atoms with Gasteiger partial charge in [-0.15, -0.1) is 6.42 Å². The van der Waals surface area contributed by atoms with Gasteiger partial charge < -0.3 is 5.32 Å². The van der Waals surface area contributed by atoms with Gasteiger partial charge in [-0.25, -0.2) is 0 Å². The van der Waals surface area contributed by atoms with Crippen LogP contribution in [-0.4, -0.2) is 12.5 Å². The largest absolute Gasteiger partial charge is 0.341 e. The van der Waals surface area contributed by atoms with Crippen molar-refractivity contribution in [2.24, 2.45) is 0 Å². The van der Waals surface area contributed by atoms with Crippen LogP contribution in [0.25, 0.3) is 0 Å². The number of hydrogen-bond acceptors (Lipinski definition) is 1. The van der Waals surface area contributed by atoms with E-state index in [9.17, 15) is 4.79 Å². The van der Waals surface area contributed by atoms with Gasteiger partial charge in [-0.2, -0.15) is 0 Å². The lowest BCUT2D eigenvalue weighted by atomic mass is 10.2. The van der Waals surface area contributed by atoms with Crippen molar-refractivity contribution in [3.8, 4) is 12.3 Å². The first-order valence-corrected chi connectivity index (χ1v) is 4.51. The second-order valence-electron chi connectivity index (χ2n) is 2.37. The Morgan fingerprint density at radius 2 is 2.23 bits per heavy atom. The second-order valence-corrected chi connectivity index (χ2v) is 3.22. The maximum absolute atomic E-state index is 11.4. The van der Waals surface area contributed by atoms with Crippen molar-refractivity contribution in [3.05, 3.63) is 34.3 Å². The molecule has 3 heteroatoms. The van der Waals surface area contributed by atoms with Gasteiger partial charge in [-0.1, -0.05) is 18.1 Å². The third kappa shape index (κ3) is 2.60. The highest BCUT2D eigenvalue weighted by Gasteiger charge is 2.06. The summed E-state index contributed by atoms with van der Waals surface area (Å²) in [5, 5.41) is 2.58. The molecule has 13 heavy (non-hydrogen) atoms. The van der Waals surface area contributed by atoms with Gasteiger partial charge in [0, 0.05) is 4.47 Å². The third-order valence-electron chi connectivity index (χ3n) is 1.47. The van der Waals surface area contributed by atoms with Crippen LogP contribution in [0.1, 0.15) is 10.4 Å². The van der Waals surface area contributed by atoms with Crippen molar-refractivity contribution in [2.45, 2.75) is 0 Å². The normalized spacial score (nSPS) is 8.92. The highest BCUT2D eigenvalue weighted by molar-refractivity contribution is 9.10. The molecule has 0 unspecified atom stereocenters. The van der Waals surface area contributed by atoms with E-state index in [0.29, 0.717) is 5.56 Å². The van der Waals surface area contributed by atoms with Crippen molar-refractivity contribution in [1.82, 2.24) is 5.32 Å². The lowest BCUT2D eigenvalue weighted by Gasteiger charge is -2.02. The van der Waals surface area contributed by atoms with Crippen molar-refractivity contribution in [1.29, 1.82) is 0 Å². The van der Waals surface area contributed by atoms with Crippen molar-refractivity contribution in [2.75, 3.05) is 6.54 Å². The number of amides is 1. The molecule has 0 atom stereocenters. The highest BCUT2D eigenvalue weighted by atomic mass is 79.9. The Labute approximate surface area is 85.5 Å². The topological polar surface area (TPSA) is 29.1 Å². The predicted octanol–water partition coefficient (Wildman–Crippen LogP) is 1.81. The Hall–Kier alpha value is -1.27. The number of halogens is 1. The Kier molecular flexibility index (Phi) is 3.53. The summed E-state index contributed by atoms with van der Waals surface area (Å²) in [5.74, 6) is 2.18. The Bertz CT molecular complexity index is 354. The summed E-state index contributed by atoms with van der Waals surface area (Å²) in [6, 6.07) is 7.19. The summed E-state index contributed by atoms with van der Waals surface area (Å²) >= 11 is 3.28. The van der Waals surface area contributed by atoms with E-state index < -0.39 is 0 Å². The molecule has 66 valence electrons. The molecule has 1 aromatic rings. The van der Waals surface area contributed by atoms with Crippen LogP contribution in [0.3, 0.4) is 0 Å². The molecule has 0 heterocycles. The maximum atomic E-state index is 11.4. The first kappa shape index (κ1) is 9.82. The zero-order valence-corrected chi connectivity index (χ0v) is 8.47. The number of carbonyl (C=O) groups is 1. The zero-order chi connectivity index (χ0) is 9.68. The molecule has 0 radical (unpaired) electrons. The molecule has 0 aromatic heterocycles. The highest BCUT2D eigenvalue weighted by Crippen LogP contribution is 2.15. The fourth-order valence-corrected chi connectivity index (χ4v) is 1.34. The van der Waals surface area contributed by atoms with Crippen LogP contribution >= 0.6 is 15.9 Å². The van der Waals surface area contributed by atoms with E-state index in [0.717, 1.165) is 4.47 Å². The minimum Gasteiger partial charge on any atom is -0.341 e. The van der Waals surface area contributed by atoms with Crippen molar-refractivity contribution in [3.63, 3.8) is 0 Å². The fraction of sp³-hybridized carbons (Fsp3) is 0.100. The molecule has 1 N–H and O–H groups in total. The van der Waals surface area contributed by atoms with Gasteiger partial charge in [0.05, 0.1) is 12.1 Å². The molecular formula is C10H8BrNO. The molecule has 0 saturated heterocycles. The molecule has 0 bridgehead atoms. The average Bonchev–Trinajstić information content (AvgIpc) is 2.15. The average molecular weight is 238 g/mol. The van der Waals surface area contributed by atoms with E-state index in [4.69, 9.17) is 6.42 Å². The quantitative estimate of drug-likeness (QED) is 0.782. The summed E-state index contributed by atoms with van der Waals surface area (Å²) in [6.07, 6.45) is 5.02. The Balaban J connectivity index is 2.78. The summed E-state index contributed by atoms with van der Waals surface area (Å²) in [5.41, 5.74) is 0.595. The molecular weight excluding hydrogens is 230 g/mol.